The number of nitrogen functional groups attached to an aromatic ring is 1. The molecule has 9 nitrogen and oxygen atoms in total. The highest BCUT2D eigenvalue weighted by Gasteiger charge is 2.22. The number of anilines is 2. The first-order chi connectivity index (χ1) is 18.6. The van der Waals surface area contributed by atoms with Crippen molar-refractivity contribution in [1.29, 1.82) is 0 Å². The predicted molar refractivity (Wildman–Crippen MR) is 139 cm³/mol. The number of ether oxygens (including phenoxy) is 1. The number of rotatable bonds is 6. The summed E-state index contributed by atoms with van der Waals surface area (Å²) < 4.78 is 75.9. The molecule has 0 amide bonds. The number of hydrogen-bond donors (Lipinski definition) is 2. The second-order valence-corrected chi connectivity index (χ2v) is 9.91. The fourth-order valence-corrected chi connectivity index (χ4v) is 5.10. The fraction of sp³-hybridized carbons (Fsp3) is 0.0385. The number of halogens is 3. The summed E-state index contributed by atoms with van der Waals surface area (Å²) in [6.07, 6.45) is 1.37. The number of nitrogens with one attached hydrogen (secondary N) is 1. The molecule has 0 radical (unpaired) electrons. The smallest absolute Gasteiger partial charge is 0.267 e. The molecule has 39 heavy (non-hydrogen) atoms. The van der Waals surface area contributed by atoms with Gasteiger partial charge in [-0.2, -0.15) is 0 Å². The Hall–Kier alpha value is -4.91. The van der Waals surface area contributed by atoms with Crippen molar-refractivity contribution >= 4 is 32.6 Å². The molecule has 5 aromatic rings. The highest BCUT2D eigenvalue weighted by atomic mass is 32.2. The molecule has 2 heterocycles. The van der Waals surface area contributed by atoms with Crippen LogP contribution in [0.2, 0.25) is 0 Å². The molecule has 0 saturated heterocycles. The van der Waals surface area contributed by atoms with Crippen LogP contribution in [0.4, 0.5) is 24.8 Å². The highest BCUT2D eigenvalue weighted by molar-refractivity contribution is 7.92. The maximum Gasteiger partial charge on any atom is 0.267 e. The number of aromatic nitrogens is 3. The number of benzene rings is 3. The van der Waals surface area contributed by atoms with Crippen LogP contribution in [0, 0.1) is 17.5 Å². The van der Waals surface area contributed by atoms with E-state index in [9.17, 15) is 26.4 Å². The first-order valence-corrected chi connectivity index (χ1v) is 12.7. The molecular weight excluding hydrogens is 535 g/mol. The molecule has 0 aliphatic heterocycles. The molecule has 2 aromatic heterocycles. The average molecular weight is 554 g/mol. The Morgan fingerprint density at radius 2 is 1.72 bits per heavy atom. The van der Waals surface area contributed by atoms with Gasteiger partial charge in [0.05, 0.1) is 23.7 Å². The average Bonchev–Trinajstić information content (AvgIpc) is 2.89. The summed E-state index contributed by atoms with van der Waals surface area (Å²) in [4.78, 5) is 20.9. The Labute approximate surface area is 219 Å². The molecule has 0 atom stereocenters. The van der Waals surface area contributed by atoms with E-state index in [0.29, 0.717) is 17.2 Å². The topological polar surface area (TPSA) is 129 Å². The number of pyridine rings is 1. The zero-order chi connectivity index (χ0) is 27.9. The van der Waals surface area contributed by atoms with Gasteiger partial charge in [-0.15, -0.1) is 0 Å². The van der Waals surface area contributed by atoms with Gasteiger partial charge in [0.15, 0.2) is 0 Å². The lowest BCUT2D eigenvalue weighted by molar-refractivity contribution is 0.400. The van der Waals surface area contributed by atoms with E-state index in [-0.39, 0.29) is 34.1 Å². The molecule has 0 unspecified atom stereocenters. The predicted octanol–water partition coefficient (Wildman–Crippen LogP) is 4.26. The van der Waals surface area contributed by atoms with Gasteiger partial charge < -0.3 is 10.5 Å². The molecule has 198 valence electrons. The van der Waals surface area contributed by atoms with Crippen LogP contribution in [0.1, 0.15) is 0 Å². The lowest BCUT2D eigenvalue weighted by Crippen LogP contribution is -2.23. The largest absolute Gasteiger partial charge is 0.480 e. The second kappa shape index (κ2) is 9.76. The number of hydrogen-bond acceptors (Lipinski definition) is 7. The van der Waals surface area contributed by atoms with Crippen LogP contribution in [0.15, 0.2) is 82.6 Å². The summed E-state index contributed by atoms with van der Waals surface area (Å²) in [5, 5.41) is 0.108. The Kier molecular flexibility index (Phi) is 6.44. The van der Waals surface area contributed by atoms with Crippen LogP contribution in [-0.4, -0.2) is 30.1 Å². The van der Waals surface area contributed by atoms with Crippen molar-refractivity contribution < 1.29 is 26.3 Å². The minimum Gasteiger partial charge on any atom is -0.480 e. The normalized spacial score (nSPS) is 11.5. The standard InChI is InChI=1S/C26H18F3N5O4S/c1-38-24-21(33-39(36,37)23-9-7-16(27)12-19(23)29)11-15(13-31-24)14-6-8-20-17(10-14)25(35)34(26(30)32-20)22-5-3-2-4-18(22)28/h2-13,33H,1H3,(H2,30,32). The number of para-hydroxylation sites is 1. The Bertz CT molecular complexity index is 1930. The summed E-state index contributed by atoms with van der Waals surface area (Å²) >= 11 is 0. The minimum absolute atomic E-state index is 0.0735. The quantitative estimate of drug-likeness (QED) is 0.322. The van der Waals surface area contributed by atoms with E-state index in [0.717, 1.165) is 16.7 Å². The van der Waals surface area contributed by atoms with Crippen LogP contribution in [0.25, 0.3) is 27.7 Å². The van der Waals surface area contributed by atoms with Gasteiger partial charge in [0, 0.05) is 17.8 Å². The first-order valence-electron chi connectivity index (χ1n) is 11.2. The third kappa shape index (κ3) is 4.75. The van der Waals surface area contributed by atoms with E-state index < -0.39 is 37.9 Å². The van der Waals surface area contributed by atoms with Gasteiger partial charge in [0.25, 0.3) is 15.6 Å². The van der Waals surface area contributed by atoms with E-state index in [1.54, 1.807) is 12.1 Å². The van der Waals surface area contributed by atoms with Crippen LogP contribution in [0.5, 0.6) is 5.88 Å². The third-order valence-corrected chi connectivity index (χ3v) is 7.19. The van der Waals surface area contributed by atoms with E-state index in [4.69, 9.17) is 10.5 Å². The molecule has 0 fully saturated rings. The Morgan fingerprint density at radius 3 is 2.44 bits per heavy atom. The lowest BCUT2D eigenvalue weighted by atomic mass is 10.0. The van der Waals surface area contributed by atoms with Crippen molar-refractivity contribution in [3.8, 4) is 22.7 Å². The summed E-state index contributed by atoms with van der Waals surface area (Å²) in [5.74, 6) is -3.21. The van der Waals surface area contributed by atoms with Gasteiger partial charge in [-0.25, -0.2) is 36.1 Å². The van der Waals surface area contributed by atoms with Gasteiger partial charge in [-0.1, -0.05) is 18.2 Å². The number of methoxy groups -OCH3 is 1. The van der Waals surface area contributed by atoms with Crippen molar-refractivity contribution in [2.24, 2.45) is 0 Å². The van der Waals surface area contributed by atoms with Crippen molar-refractivity contribution in [3.63, 3.8) is 0 Å². The maximum atomic E-state index is 14.4. The van der Waals surface area contributed by atoms with Crippen molar-refractivity contribution in [3.05, 3.63) is 101 Å². The lowest BCUT2D eigenvalue weighted by Gasteiger charge is -2.14. The summed E-state index contributed by atoms with van der Waals surface area (Å²) in [6, 6.07) is 13.6. The van der Waals surface area contributed by atoms with Crippen LogP contribution in [0.3, 0.4) is 0 Å². The van der Waals surface area contributed by atoms with Gasteiger partial charge in [0.1, 0.15) is 28.0 Å². The molecule has 3 N–H and O–H groups in total. The number of fused-ring (bicyclic) bond motifs is 1. The van der Waals surface area contributed by atoms with Crippen molar-refractivity contribution in [2.45, 2.75) is 4.90 Å². The maximum absolute atomic E-state index is 14.4. The van der Waals surface area contributed by atoms with Crippen molar-refractivity contribution in [1.82, 2.24) is 14.5 Å². The first kappa shape index (κ1) is 25.7. The molecule has 0 aliphatic carbocycles. The SMILES string of the molecule is COc1ncc(-c2ccc3nc(N)n(-c4ccccc4F)c(=O)c3c2)cc1NS(=O)(=O)c1ccc(F)cc1F. The minimum atomic E-state index is -4.50. The molecule has 13 heteroatoms. The van der Waals surface area contributed by atoms with Crippen LogP contribution < -0.4 is 20.8 Å². The van der Waals surface area contributed by atoms with Gasteiger partial charge >= 0.3 is 0 Å². The van der Waals surface area contributed by atoms with Crippen molar-refractivity contribution in [2.75, 3.05) is 17.6 Å². The zero-order valence-electron chi connectivity index (χ0n) is 20.0. The number of nitrogens with zero attached hydrogens (tertiary/aromatic N) is 3. The molecule has 0 saturated carbocycles. The number of sulfonamides is 1. The second-order valence-electron chi connectivity index (χ2n) is 8.25. The third-order valence-electron chi connectivity index (χ3n) is 5.79. The summed E-state index contributed by atoms with van der Waals surface area (Å²) in [5.41, 5.74) is 6.15. The molecule has 0 bridgehead atoms. The van der Waals surface area contributed by atoms with Crippen LogP contribution >= 0.6 is 0 Å². The molecular formula is C26H18F3N5O4S. The van der Waals surface area contributed by atoms with Gasteiger partial charge in [0.2, 0.25) is 11.8 Å². The van der Waals surface area contributed by atoms with Gasteiger partial charge in [-0.05, 0) is 48.0 Å². The Balaban J connectivity index is 1.61. The summed E-state index contributed by atoms with van der Waals surface area (Å²) in [6.45, 7) is 0. The molecule has 0 aliphatic rings. The van der Waals surface area contributed by atoms with E-state index in [1.165, 1.54) is 49.7 Å². The van der Waals surface area contributed by atoms with E-state index in [2.05, 4.69) is 14.7 Å². The fourth-order valence-electron chi connectivity index (χ4n) is 3.99. The highest BCUT2D eigenvalue weighted by Crippen LogP contribution is 2.31. The number of nitrogens with two attached hydrogens (primary N) is 1. The molecule has 3 aromatic carbocycles. The van der Waals surface area contributed by atoms with Gasteiger partial charge in [-0.3, -0.25) is 9.52 Å². The molecule has 5 rings (SSSR count). The Morgan fingerprint density at radius 1 is 0.949 bits per heavy atom. The zero-order valence-corrected chi connectivity index (χ0v) is 20.8. The van der Waals surface area contributed by atoms with E-state index >= 15 is 0 Å². The summed E-state index contributed by atoms with van der Waals surface area (Å²) in [7, 11) is -3.24. The van der Waals surface area contributed by atoms with E-state index in [1.807, 2.05) is 0 Å². The van der Waals surface area contributed by atoms with Crippen LogP contribution in [-0.2, 0) is 10.0 Å². The molecule has 0 spiro atoms. The monoisotopic (exact) mass is 553 g/mol.